The van der Waals surface area contributed by atoms with E-state index in [1.54, 1.807) is 0 Å². The van der Waals surface area contributed by atoms with Gasteiger partial charge in [0.1, 0.15) is 0 Å². The molecule has 1 saturated heterocycles. The molecule has 1 heterocycles. The molecular weight excluding hydrogens is 261 g/mol. The van der Waals surface area contributed by atoms with E-state index >= 15 is 0 Å². The van der Waals surface area contributed by atoms with Gasteiger partial charge in [-0.2, -0.15) is 0 Å². The third-order valence-electron chi connectivity index (χ3n) is 1.21. The van der Waals surface area contributed by atoms with Crippen molar-refractivity contribution in [1.29, 1.82) is 0 Å². The maximum Gasteiger partial charge on any atom is 0.323 e. The van der Waals surface area contributed by atoms with Crippen LogP contribution >= 0.6 is 16.5 Å². The molecule has 1 rings (SSSR count). The molecule has 0 aromatic rings. The zero-order valence-electron chi connectivity index (χ0n) is 7.91. The van der Waals surface area contributed by atoms with Crippen molar-refractivity contribution >= 4 is 46.1 Å². The van der Waals surface area contributed by atoms with Gasteiger partial charge in [0.15, 0.2) is 12.6 Å². The first-order chi connectivity index (χ1) is 6.65. The molecule has 0 aromatic carbocycles. The van der Waals surface area contributed by atoms with Crippen molar-refractivity contribution in [1.82, 2.24) is 0 Å². The molecule has 0 amide bonds. The number of rotatable bonds is 2. The standard InChI is InChI=1S/C4H10O8P2.Na/c5-1-3-9-13(7)11-4(2-6)12-14(8)10-3;/h3-6,13-14H,1-2H2;. The van der Waals surface area contributed by atoms with E-state index in [1.165, 1.54) is 0 Å². The zero-order valence-corrected chi connectivity index (χ0v) is 11.9. The first-order valence-corrected chi connectivity index (χ1v) is 6.07. The van der Waals surface area contributed by atoms with Crippen molar-refractivity contribution in [3.63, 3.8) is 0 Å². The summed E-state index contributed by atoms with van der Waals surface area (Å²) in [5, 5.41) is 17.2. The Bertz CT molecular complexity index is 197. The molecule has 1 fully saturated rings. The quantitative estimate of drug-likeness (QED) is 0.491. The number of aliphatic hydroxyl groups excluding tert-OH is 2. The van der Waals surface area contributed by atoms with E-state index in [0.717, 1.165) is 0 Å². The average Bonchev–Trinajstić information content (AvgIpc) is 2.13. The molecule has 0 bridgehead atoms. The van der Waals surface area contributed by atoms with E-state index in [4.69, 9.17) is 10.2 Å². The van der Waals surface area contributed by atoms with E-state index in [1.807, 2.05) is 0 Å². The van der Waals surface area contributed by atoms with Crippen LogP contribution in [0.2, 0.25) is 0 Å². The molecule has 1 aliphatic heterocycles. The summed E-state index contributed by atoms with van der Waals surface area (Å²) in [5.41, 5.74) is 0. The van der Waals surface area contributed by atoms with E-state index < -0.39 is 42.3 Å². The summed E-state index contributed by atoms with van der Waals surface area (Å²) >= 11 is 0. The number of hydrogen-bond donors (Lipinski definition) is 2. The smallest absolute Gasteiger partial charge is 0.323 e. The summed E-state index contributed by atoms with van der Waals surface area (Å²) in [6, 6.07) is 0. The van der Waals surface area contributed by atoms with E-state index in [-0.39, 0.29) is 29.6 Å². The zero-order chi connectivity index (χ0) is 10.6. The van der Waals surface area contributed by atoms with Gasteiger partial charge in [-0.3, -0.25) is 27.2 Å². The Morgan fingerprint density at radius 1 is 0.867 bits per heavy atom. The Morgan fingerprint density at radius 3 is 1.33 bits per heavy atom. The van der Waals surface area contributed by atoms with Crippen molar-refractivity contribution in [2.75, 3.05) is 13.2 Å². The monoisotopic (exact) mass is 271 g/mol. The van der Waals surface area contributed by atoms with Crippen LogP contribution < -0.4 is 0 Å². The van der Waals surface area contributed by atoms with Crippen LogP contribution in [0.4, 0.5) is 0 Å². The predicted molar refractivity (Wildman–Crippen MR) is 49.8 cm³/mol. The summed E-state index contributed by atoms with van der Waals surface area (Å²) in [5.74, 6) is 0. The molecule has 0 saturated carbocycles. The topological polar surface area (TPSA) is 112 Å². The third kappa shape index (κ3) is 5.91. The van der Waals surface area contributed by atoms with Gasteiger partial charge in [-0.25, -0.2) is 0 Å². The minimum Gasteiger partial charge on any atom is -0.391 e. The molecule has 0 atom stereocenters. The molecule has 0 spiro atoms. The van der Waals surface area contributed by atoms with Gasteiger partial charge in [0.25, 0.3) is 0 Å². The van der Waals surface area contributed by atoms with Gasteiger partial charge in [-0.15, -0.1) is 0 Å². The Kier molecular flexibility index (Phi) is 9.01. The van der Waals surface area contributed by atoms with Crippen LogP contribution in [0.5, 0.6) is 0 Å². The fourth-order valence-electron chi connectivity index (χ4n) is 0.682. The van der Waals surface area contributed by atoms with Crippen LogP contribution in [-0.4, -0.2) is 65.6 Å². The van der Waals surface area contributed by atoms with Crippen LogP contribution in [0.3, 0.4) is 0 Å². The first-order valence-electron chi connectivity index (χ1n) is 3.62. The molecule has 85 valence electrons. The van der Waals surface area contributed by atoms with Crippen LogP contribution in [-0.2, 0) is 27.2 Å². The van der Waals surface area contributed by atoms with Crippen molar-refractivity contribution in [3.8, 4) is 0 Å². The van der Waals surface area contributed by atoms with Crippen molar-refractivity contribution in [2.24, 2.45) is 0 Å². The second-order valence-corrected chi connectivity index (χ2v) is 4.14. The Morgan fingerprint density at radius 2 is 1.13 bits per heavy atom. The van der Waals surface area contributed by atoms with E-state index in [0.29, 0.717) is 0 Å². The van der Waals surface area contributed by atoms with E-state index in [9.17, 15) is 9.13 Å². The number of hydrogen-bond acceptors (Lipinski definition) is 8. The molecule has 8 nitrogen and oxygen atoms in total. The summed E-state index contributed by atoms with van der Waals surface area (Å²) < 4.78 is 40.0. The molecule has 11 heteroatoms. The first kappa shape index (κ1) is 16.2. The Labute approximate surface area is 109 Å². The van der Waals surface area contributed by atoms with Gasteiger partial charge in [0, 0.05) is 29.6 Å². The fourth-order valence-corrected chi connectivity index (χ4v) is 2.33. The van der Waals surface area contributed by atoms with Crippen LogP contribution in [0.25, 0.3) is 0 Å². The van der Waals surface area contributed by atoms with Crippen LogP contribution in [0, 0.1) is 0 Å². The van der Waals surface area contributed by atoms with Gasteiger partial charge < -0.3 is 10.2 Å². The summed E-state index contributed by atoms with van der Waals surface area (Å²) in [6.45, 7) is -1.24. The normalized spacial score (nSPS) is 37.5. The molecule has 0 unspecified atom stereocenters. The molecule has 0 aromatic heterocycles. The van der Waals surface area contributed by atoms with Gasteiger partial charge in [0.2, 0.25) is 0 Å². The molecule has 1 radical (unpaired) electrons. The fraction of sp³-hybridized carbons (Fsp3) is 1.00. The summed E-state index contributed by atoms with van der Waals surface area (Å²) in [7, 11) is -5.88. The largest absolute Gasteiger partial charge is 0.391 e. The minimum absolute atomic E-state index is 0. The number of aliphatic hydroxyl groups is 2. The maximum absolute atomic E-state index is 10.9. The van der Waals surface area contributed by atoms with Crippen molar-refractivity contribution < 1.29 is 37.4 Å². The van der Waals surface area contributed by atoms with Gasteiger partial charge in [0.05, 0.1) is 13.2 Å². The van der Waals surface area contributed by atoms with Crippen molar-refractivity contribution in [2.45, 2.75) is 12.6 Å². The molecule has 0 aliphatic carbocycles. The Hall–Kier alpha value is 1.22. The SMILES string of the molecule is O=[PH]1OC(CO)O[PH](=O)OC(CO)O1.[Na]. The summed E-state index contributed by atoms with van der Waals surface area (Å²) in [4.78, 5) is 0. The van der Waals surface area contributed by atoms with Crippen molar-refractivity contribution in [3.05, 3.63) is 0 Å². The average molecular weight is 271 g/mol. The van der Waals surface area contributed by atoms with Gasteiger partial charge >= 0.3 is 16.5 Å². The van der Waals surface area contributed by atoms with Gasteiger partial charge in [-0.05, 0) is 0 Å². The molecular formula is C4H10NaO8P2. The van der Waals surface area contributed by atoms with E-state index in [2.05, 4.69) is 18.1 Å². The second-order valence-electron chi connectivity index (χ2n) is 2.20. The van der Waals surface area contributed by atoms with Crippen LogP contribution in [0.15, 0.2) is 0 Å². The van der Waals surface area contributed by atoms with Gasteiger partial charge in [-0.1, -0.05) is 0 Å². The molecule has 15 heavy (non-hydrogen) atoms. The van der Waals surface area contributed by atoms with Crippen LogP contribution in [0.1, 0.15) is 0 Å². The maximum atomic E-state index is 10.9. The third-order valence-corrected chi connectivity index (χ3v) is 3.03. The molecule has 2 N–H and O–H groups in total. The minimum atomic E-state index is -2.94. The summed E-state index contributed by atoms with van der Waals surface area (Å²) in [6.07, 6.45) is -2.60. The Balaban J connectivity index is 0.00000196. The molecule has 1 aliphatic rings. The second kappa shape index (κ2) is 8.33. The predicted octanol–water partition coefficient (Wildman–Crippen LogP) is -0.898.